The number of amides is 1. The van der Waals surface area contributed by atoms with Crippen LogP contribution in [0.1, 0.15) is 43.4 Å². The fourth-order valence-electron chi connectivity index (χ4n) is 3.71. The first-order valence-corrected chi connectivity index (χ1v) is 9.35. The van der Waals surface area contributed by atoms with Gasteiger partial charge in [0.25, 0.3) is 0 Å². The van der Waals surface area contributed by atoms with Gasteiger partial charge in [-0.25, -0.2) is 4.98 Å². The maximum absolute atomic E-state index is 13.1. The zero-order chi connectivity index (χ0) is 16.5. The normalized spacial score (nSPS) is 24.5. The Kier molecular flexibility index (Phi) is 4.22. The molecule has 128 valence electrons. The molecule has 0 aliphatic carbocycles. The standard InChI is InChI=1S/C16H21N5O2S/c1-11-18-14(19-23-11)13-5-3-8-21(13)15(22)12-4-2-7-20(10-12)16-17-6-9-24-16/h6,9,12-13H,2-5,7-8,10H2,1H3. The Morgan fingerprint density at radius 2 is 2.21 bits per heavy atom. The van der Waals surface area contributed by atoms with Gasteiger partial charge in [0.05, 0.1) is 12.0 Å². The molecule has 2 fully saturated rings. The Labute approximate surface area is 144 Å². The van der Waals surface area contributed by atoms with E-state index in [0.29, 0.717) is 11.7 Å². The third kappa shape index (κ3) is 2.90. The van der Waals surface area contributed by atoms with Crippen LogP contribution in [0.25, 0.3) is 0 Å². The van der Waals surface area contributed by atoms with Gasteiger partial charge < -0.3 is 14.3 Å². The second kappa shape index (κ2) is 6.51. The van der Waals surface area contributed by atoms with Crippen LogP contribution in [0.2, 0.25) is 0 Å². The van der Waals surface area contributed by atoms with Crippen LogP contribution in [0.15, 0.2) is 16.1 Å². The lowest BCUT2D eigenvalue weighted by atomic mass is 9.96. The molecule has 2 aliphatic heterocycles. The molecular formula is C16H21N5O2S. The van der Waals surface area contributed by atoms with E-state index in [-0.39, 0.29) is 17.9 Å². The molecule has 0 bridgehead atoms. The van der Waals surface area contributed by atoms with Gasteiger partial charge in [0.15, 0.2) is 11.0 Å². The van der Waals surface area contributed by atoms with Crippen LogP contribution in [0.4, 0.5) is 5.13 Å². The fraction of sp³-hybridized carbons (Fsp3) is 0.625. The van der Waals surface area contributed by atoms with Crippen molar-refractivity contribution >= 4 is 22.4 Å². The van der Waals surface area contributed by atoms with E-state index in [1.54, 1.807) is 18.3 Å². The number of rotatable bonds is 3. The molecule has 4 rings (SSSR count). The molecule has 0 saturated carbocycles. The smallest absolute Gasteiger partial charge is 0.228 e. The maximum atomic E-state index is 13.1. The summed E-state index contributed by atoms with van der Waals surface area (Å²) in [5.41, 5.74) is 0. The van der Waals surface area contributed by atoms with Crippen LogP contribution < -0.4 is 4.90 Å². The molecule has 0 spiro atoms. The van der Waals surface area contributed by atoms with E-state index in [0.717, 1.165) is 50.4 Å². The lowest BCUT2D eigenvalue weighted by Crippen LogP contribution is -2.44. The molecule has 2 atom stereocenters. The highest BCUT2D eigenvalue weighted by atomic mass is 32.1. The quantitative estimate of drug-likeness (QED) is 0.849. The number of nitrogens with zero attached hydrogens (tertiary/aromatic N) is 5. The van der Waals surface area contributed by atoms with Crippen LogP contribution in [-0.2, 0) is 4.79 Å². The number of hydrogen-bond donors (Lipinski definition) is 0. The number of anilines is 1. The Balaban J connectivity index is 1.48. The number of piperidine rings is 1. The van der Waals surface area contributed by atoms with E-state index in [4.69, 9.17) is 4.52 Å². The molecular weight excluding hydrogens is 326 g/mol. The molecule has 2 aliphatic rings. The molecule has 0 radical (unpaired) electrons. The number of hydrogen-bond acceptors (Lipinski definition) is 7. The molecule has 2 aromatic rings. The summed E-state index contributed by atoms with van der Waals surface area (Å²) in [5, 5.41) is 7.03. The first-order chi connectivity index (χ1) is 11.7. The van der Waals surface area contributed by atoms with Gasteiger partial charge in [-0.05, 0) is 25.7 Å². The van der Waals surface area contributed by atoms with Crippen LogP contribution >= 0.6 is 11.3 Å². The van der Waals surface area contributed by atoms with Gasteiger partial charge in [0.1, 0.15) is 0 Å². The van der Waals surface area contributed by atoms with Crippen molar-refractivity contribution in [3.05, 3.63) is 23.3 Å². The van der Waals surface area contributed by atoms with E-state index in [1.807, 2.05) is 16.5 Å². The lowest BCUT2D eigenvalue weighted by Gasteiger charge is -2.35. The zero-order valence-electron chi connectivity index (χ0n) is 13.7. The summed E-state index contributed by atoms with van der Waals surface area (Å²) in [4.78, 5) is 26.0. The van der Waals surface area contributed by atoms with Crippen LogP contribution in [-0.4, -0.2) is 45.6 Å². The fourth-order valence-corrected chi connectivity index (χ4v) is 4.39. The summed E-state index contributed by atoms with van der Waals surface area (Å²) in [5.74, 6) is 1.44. The Morgan fingerprint density at radius 1 is 1.33 bits per heavy atom. The van der Waals surface area contributed by atoms with E-state index in [2.05, 4.69) is 20.0 Å². The highest BCUT2D eigenvalue weighted by Gasteiger charge is 2.38. The molecule has 2 saturated heterocycles. The van der Waals surface area contributed by atoms with Crippen molar-refractivity contribution in [2.45, 2.75) is 38.6 Å². The van der Waals surface area contributed by atoms with E-state index in [1.165, 1.54) is 0 Å². The number of aryl methyl sites for hydroxylation is 1. The Bertz CT molecular complexity index is 701. The van der Waals surface area contributed by atoms with Crippen molar-refractivity contribution in [2.24, 2.45) is 5.92 Å². The number of carbonyl (C=O) groups is 1. The topological polar surface area (TPSA) is 75.4 Å². The van der Waals surface area contributed by atoms with Crippen molar-refractivity contribution in [3.8, 4) is 0 Å². The first-order valence-electron chi connectivity index (χ1n) is 8.47. The predicted octanol–water partition coefficient (Wildman–Crippen LogP) is 2.41. The second-order valence-corrected chi connectivity index (χ2v) is 7.33. The van der Waals surface area contributed by atoms with E-state index >= 15 is 0 Å². The first kappa shape index (κ1) is 15.6. The van der Waals surface area contributed by atoms with Gasteiger partial charge in [-0.2, -0.15) is 4.98 Å². The highest BCUT2D eigenvalue weighted by Crippen LogP contribution is 2.33. The van der Waals surface area contributed by atoms with Crippen LogP contribution in [0.3, 0.4) is 0 Å². The van der Waals surface area contributed by atoms with Crippen LogP contribution in [0, 0.1) is 12.8 Å². The molecule has 24 heavy (non-hydrogen) atoms. The van der Waals surface area contributed by atoms with Crippen molar-refractivity contribution in [3.63, 3.8) is 0 Å². The summed E-state index contributed by atoms with van der Waals surface area (Å²) in [6.07, 6.45) is 5.69. The monoisotopic (exact) mass is 347 g/mol. The van der Waals surface area contributed by atoms with Gasteiger partial charge in [0, 0.05) is 38.1 Å². The van der Waals surface area contributed by atoms with Gasteiger partial charge >= 0.3 is 0 Å². The number of thiazole rings is 1. The maximum Gasteiger partial charge on any atom is 0.228 e. The summed E-state index contributed by atoms with van der Waals surface area (Å²) in [6.45, 7) is 4.29. The van der Waals surface area contributed by atoms with Gasteiger partial charge in [-0.1, -0.05) is 5.16 Å². The minimum atomic E-state index is -0.0369. The largest absolute Gasteiger partial charge is 0.347 e. The number of carbonyl (C=O) groups excluding carboxylic acids is 1. The minimum Gasteiger partial charge on any atom is -0.347 e. The summed E-state index contributed by atoms with van der Waals surface area (Å²) < 4.78 is 5.10. The van der Waals surface area contributed by atoms with Gasteiger partial charge in [0.2, 0.25) is 11.8 Å². The van der Waals surface area contributed by atoms with Crippen molar-refractivity contribution in [1.29, 1.82) is 0 Å². The molecule has 2 unspecified atom stereocenters. The van der Waals surface area contributed by atoms with Crippen molar-refractivity contribution in [2.75, 3.05) is 24.5 Å². The number of likely N-dealkylation sites (tertiary alicyclic amines) is 1. The molecule has 4 heterocycles. The molecule has 0 aromatic carbocycles. The van der Waals surface area contributed by atoms with Crippen molar-refractivity contribution in [1.82, 2.24) is 20.0 Å². The molecule has 7 nitrogen and oxygen atoms in total. The zero-order valence-corrected chi connectivity index (χ0v) is 14.5. The van der Waals surface area contributed by atoms with Crippen LogP contribution in [0.5, 0.6) is 0 Å². The molecule has 2 aromatic heterocycles. The third-order valence-corrected chi connectivity index (χ3v) is 5.67. The summed E-state index contributed by atoms with van der Waals surface area (Å²) in [7, 11) is 0. The van der Waals surface area contributed by atoms with E-state index in [9.17, 15) is 4.79 Å². The Hall–Kier alpha value is -1.96. The van der Waals surface area contributed by atoms with Gasteiger partial charge in [-0.3, -0.25) is 4.79 Å². The van der Waals surface area contributed by atoms with Gasteiger partial charge in [-0.15, -0.1) is 11.3 Å². The van der Waals surface area contributed by atoms with Crippen molar-refractivity contribution < 1.29 is 9.32 Å². The Morgan fingerprint density at radius 3 is 2.96 bits per heavy atom. The average molecular weight is 347 g/mol. The third-order valence-electron chi connectivity index (χ3n) is 4.84. The molecule has 1 amide bonds. The second-order valence-electron chi connectivity index (χ2n) is 6.46. The minimum absolute atomic E-state index is 0.0243. The number of aromatic nitrogens is 3. The SMILES string of the molecule is Cc1nc(C2CCCN2C(=O)C2CCCN(c3nccs3)C2)no1. The molecule has 8 heteroatoms. The average Bonchev–Trinajstić information content (AvgIpc) is 3.35. The highest BCUT2D eigenvalue weighted by molar-refractivity contribution is 7.13. The van der Waals surface area contributed by atoms with E-state index < -0.39 is 0 Å². The lowest BCUT2D eigenvalue weighted by molar-refractivity contribution is -0.137. The summed E-state index contributed by atoms with van der Waals surface area (Å²) >= 11 is 1.63. The summed E-state index contributed by atoms with van der Waals surface area (Å²) in [6, 6.07) is -0.0369. The molecule has 0 N–H and O–H groups in total. The predicted molar refractivity (Wildman–Crippen MR) is 89.8 cm³/mol.